The van der Waals surface area contributed by atoms with Gasteiger partial charge >= 0.3 is 11.9 Å². The molecule has 1 saturated heterocycles. The number of thiol groups is 1. The Bertz CT molecular complexity index is 247. The summed E-state index contributed by atoms with van der Waals surface area (Å²) >= 11 is 3.94. The molecule has 0 saturated carbocycles. The molecule has 1 aliphatic rings. The molecule has 0 aromatic carbocycles. The second-order valence-electron chi connectivity index (χ2n) is 2.79. The molecule has 0 aromatic rings. The van der Waals surface area contributed by atoms with Gasteiger partial charge in [-0.1, -0.05) is 12.2 Å². The Labute approximate surface area is 99.6 Å². The Morgan fingerprint density at radius 3 is 1.81 bits per heavy atom. The monoisotopic (exact) mass is 268 g/mol. The van der Waals surface area contributed by atoms with Crippen molar-refractivity contribution < 1.29 is 28.1 Å². The molecular weight excluding hydrogens is 255 g/mol. The Balaban J connectivity index is 2.66. The van der Waals surface area contributed by atoms with Crippen LogP contribution in [0.15, 0.2) is 0 Å². The molecule has 0 bridgehead atoms. The highest BCUT2D eigenvalue weighted by atomic mass is 32.7. The maximum Gasteiger partial charge on any atom is 0.339 e. The highest BCUT2D eigenvalue weighted by molar-refractivity contribution is 8.42. The van der Waals surface area contributed by atoms with Gasteiger partial charge in [0.15, 0.2) is 12.2 Å². The largest absolute Gasteiger partial charge is 0.464 e. The lowest BCUT2D eigenvalue weighted by Crippen LogP contribution is -2.39. The van der Waals surface area contributed by atoms with Crippen LogP contribution >= 0.6 is 19.8 Å². The lowest BCUT2D eigenvalue weighted by Gasteiger charge is -2.13. The third-order valence-electron chi connectivity index (χ3n) is 1.72. The van der Waals surface area contributed by atoms with Gasteiger partial charge in [0.25, 0.3) is 0 Å². The van der Waals surface area contributed by atoms with Crippen LogP contribution in [0, 0.1) is 0 Å². The van der Waals surface area contributed by atoms with Gasteiger partial charge in [0, 0.05) is 0 Å². The van der Waals surface area contributed by atoms with Crippen LogP contribution in [-0.4, -0.2) is 37.4 Å². The second kappa shape index (κ2) is 6.39. The lowest BCUT2D eigenvalue weighted by atomic mass is 10.2. The standard InChI is InChI=1S/C8H13O6PS/c1-3-11-7(9)5-6(8(10)12-4-2)14-15(16)13-5/h5-6,16H,3-4H2,1-2H3. The van der Waals surface area contributed by atoms with Gasteiger partial charge in [-0.05, 0) is 13.8 Å². The number of carbonyl (C=O) groups excluding carboxylic acids is 2. The summed E-state index contributed by atoms with van der Waals surface area (Å²) in [6.45, 7) is 3.74. The van der Waals surface area contributed by atoms with E-state index in [1.54, 1.807) is 13.8 Å². The normalized spacial score (nSPS) is 28.8. The van der Waals surface area contributed by atoms with Gasteiger partial charge in [-0.15, -0.1) is 0 Å². The molecule has 1 heterocycles. The molecule has 0 aliphatic carbocycles. The Morgan fingerprint density at radius 2 is 1.50 bits per heavy atom. The Hall–Kier alpha value is -0.360. The van der Waals surface area contributed by atoms with Crippen LogP contribution in [0.3, 0.4) is 0 Å². The van der Waals surface area contributed by atoms with Gasteiger partial charge in [-0.3, -0.25) is 0 Å². The molecule has 8 heteroatoms. The summed E-state index contributed by atoms with van der Waals surface area (Å²) in [5.41, 5.74) is 0. The quantitative estimate of drug-likeness (QED) is 0.467. The van der Waals surface area contributed by atoms with Crippen LogP contribution in [0.5, 0.6) is 0 Å². The maximum absolute atomic E-state index is 11.5. The van der Waals surface area contributed by atoms with E-state index in [9.17, 15) is 9.59 Å². The average molecular weight is 268 g/mol. The zero-order chi connectivity index (χ0) is 12.1. The van der Waals surface area contributed by atoms with Gasteiger partial charge in [0.2, 0.25) is 7.58 Å². The first-order valence-corrected chi connectivity index (χ1v) is 7.09. The molecule has 1 aliphatic heterocycles. The van der Waals surface area contributed by atoms with Crippen LogP contribution in [0.2, 0.25) is 0 Å². The van der Waals surface area contributed by atoms with E-state index in [1.165, 1.54) is 0 Å². The zero-order valence-electron chi connectivity index (χ0n) is 8.91. The van der Waals surface area contributed by atoms with E-state index < -0.39 is 31.7 Å². The van der Waals surface area contributed by atoms with E-state index >= 15 is 0 Å². The number of carbonyl (C=O) groups is 2. The zero-order valence-corrected chi connectivity index (χ0v) is 10.7. The van der Waals surface area contributed by atoms with Crippen LogP contribution in [-0.2, 0) is 28.1 Å². The van der Waals surface area contributed by atoms with Crippen molar-refractivity contribution in [3.05, 3.63) is 0 Å². The molecule has 0 spiro atoms. The lowest BCUT2D eigenvalue weighted by molar-refractivity contribution is -0.163. The van der Waals surface area contributed by atoms with Crippen molar-refractivity contribution in [3.8, 4) is 0 Å². The Morgan fingerprint density at radius 1 is 1.12 bits per heavy atom. The van der Waals surface area contributed by atoms with Crippen molar-refractivity contribution >= 4 is 31.8 Å². The third-order valence-corrected chi connectivity index (χ3v) is 3.10. The minimum atomic E-state index is -1.54. The molecule has 1 fully saturated rings. The van der Waals surface area contributed by atoms with Crippen molar-refractivity contribution in [1.82, 2.24) is 0 Å². The second-order valence-corrected chi connectivity index (χ2v) is 4.67. The first kappa shape index (κ1) is 13.7. The fourth-order valence-electron chi connectivity index (χ4n) is 1.11. The summed E-state index contributed by atoms with van der Waals surface area (Å²) in [6.07, 6.45) is -2.16. The van der Waals surface area contributed by atoms with E-state index in [1.807, 2.05) is 0 Å². The maximum atomic E-state index is 11.5. The minimum Gasteiger partial charge on any atom is -0.464 e. The summed E-state index contributed by atoms with van der Waals surface area (Å²) < 4.78 is 19.7. The SMILES string of the molecule is CCOC(=O)C1OP(S)OC1C(=O)OCC. The van der Waals surface area contributed by atoms with Gasteiger partial charge in [0.1, 0.15) is 0 Å². The van der Waals surface area contributed by atoms with E-state index in [-0.39, 0.29) is 13.2 Å². The van der Waals surface area contributed by atoms with Crippen molar-refractivity contribution in [1.29, 1.82) is 0 Å². The van der Waals surface area contributed by atoms with Gasteiger partial charge in [-0.25, -0.2) is 9.59 Å². The van der Waals surface area contributed by atoms with E-state index in [2.05, 4.69) is 12.2 Å². The van der Waals surface area contributed by atoms with Crippen LogP contribution in [0.4, 0.5) is 0 Å². The molecule has 0 radical (unpaired) electrons. The van der Waals surface area contributed by atoms with Crippen LogP contribution < -0.4 is 0 Å². The highest BCUT2D eigenvalue weighted by Gasteiger charge is 2.46. The molecule has 1 rings (SSSR count). The topological polar surface area (TPSA) is 71.1 Å². The number of esters is 2. The fourth-order valence-corrected chi connectivity index (χ4v) is 2.55. The van der Waals surface area contributed by atoms with E-state index in [0.29, 0.717) is 0 Å². The minimum absolute atomic E-state index is 0.207. The summed E-state index contributed by atoms with van der Waals surface area (Å²) in [7, 11) is -1.54. The summed E-state index contributed by atoms with van der Waals surface area (Å²) in [5, 5.41) is 0. The predicted octanol–water partition coefficient (Wildman–Crippen LogP) is 1.05. The molecule has 2 atom stereocenters. The van der Waals surface area contributed by atoms with Crippen molar-refractivity contribution in [2.45, 2.75) is 26.1 Å². The number of rotatable bonds is 4. The van der Waals surface area contributed by atoms with Gasteiger partial charge < -0.3 is 18.5 Å². The third kappa shape index (κ3) is 3.31. The number of ether oxygens (including phenoxy) is 2. The van der Waals surface area contributed by atoms with Crippen molar-refractivity contribution in [2.24, 2.45) is 0 Å². The molecule has 16 heavy (non-hydrogen) atoms. The van der Waals surface area contributed by atoms with Crippen molar-refractivity contribution in [3.63, 3.8) is 0 Å². The predicted molar refractivity (Wildman–Crippen MR) is 58.9 cm³/mol. The average Bonchev–Trinajstić information content (AvgIpc) is 2.61. The fraction of sp³-hybridized carbons (Fsp3) is 0.750. The van der Waals surface area contributed by atoms with Crippen LogP contribution in [0.1, 0.15) is 13.8 Å². The van der Waals surface area contributed by atoms with E-state index in [0.717, 1.165) is 0 Å². The number of hydrogen-bond acceptors (Lipinski definition) is 7. The highest BCUT2D eigenvalue weighted by Crippen LogP contribution is 2.52. The van der Waals surface area contributed by atoms with Crippen LogP contribution in [0.25, 0.3) is 0 Å². The summed E-state index contributed by atoms with van der Waals surface area (Å²) in [5.74, 6) is -1.28. The van der Waals surface area contributed by atoms with Gasteiger partial charge in [0.05, 0.1) is 13.2 Å². The number of hydrogen-bond donors (Lipinski definition) is 1. The molecule has 0 N–H and O–H groups in total. The molecule has 0 amide bonds. The summed E-state index contributed by atoms with van der Waals surface area (Å²) in [6, 6.07) is 0. The molecule has 92 valence electrons. The van der Waals surface area contributed by atoms with E-state index in [4.69, 9.17) is 18.5 Å². The first-order valence-electron chi connectivity index (χ1n) is 4.76. The molecule has 0 aromatic heterocycles. The molecule has 2 unspecified atom stereocenters. The smallest absolute Gasteiger partial charge is 0.339 e. The first-order chi connectivity index (χ1) is 7.60. The Kier molecular flexibility index (Phi) is 5.48. The molecule has 6 nitrogen and oxygen atoms in total. The summed E-state index contributed by atoms with van der Waals surface area (Å²) in [4.78, 5) is 22.9. The van der Waals surface area contributed by atoms with Crippen molar-refractivity contribution in [2.75, 3.05) is 13.2 Å². The molecular formula is C8H13O6PS. The van der Waals surface area contributed by atoms with Gasteiger partial charge in [-0.2, -0.15) is 0 Å².